The number of nitrogens with zero attached hydrogens (tertiary/aromatic N) is 1. The van der Waals surface area contributed by atoms with Crippen LogP contribution in [0.4, 0.5) is 0 Å². The molecule has 21 heavy (non-hydrogen) atoms. The Balaban J connectivity index is 0.00000220. The molecule has 0 aromatic heterocycles. The summed E-state index contributed by atoms with van der Waals surface area (Å²) in [5, 5.41) is 3.31. The van der Waals surface area contributed by atoms with Gasteiger partial charge in [-0.05, 0) is 36.4 Å². The third-order valence-electron chi connectivity index (χ3n) is 4.09. The Hall–Kier alpha value is -1.06. The number of piperidine rings is 1. The van der Waals surface area contributed by atoms with Gasteiger partial charge in [-0.15, -0.1) is 12.4 Å². The lowest BCUT2D eigenvalue weighted by Crippen LogP contribution is -2.41. The van der Waals surface area contributed by atoms with E-state index in [-0.39, 0.29) is 24.2 Å². The Kier molecular flexibility index (Phi) is 7.20. The Morgan fingerprint density at radius 1 is 1.33 bits per heavy atom. The van der Waals surface area contributed by atoms with Crippen molar-refractivity contribution in [3.8, 4) is 0 Å². The van der Waals surface area contributed by atoms with Gasteiger partial charge in [0.2, 0.25) is 5.91 Å². The summed E-state index contributed by atoms with van der Waals surface area (Å²) in [6, 6.07) is 8.61. The molecule has 1 unspecified atom stereocenters. The summed E-state index contributed by atoms with van der Waals surface area (Å²) >= 11 is 0. The molecule has 1 aromatic carbocycles. The summed E-state index contributed by atoms with van der Waals surface area (Å²) in [5.41, 5.74) is 2.55. The lowest BCUT2D eigenvalue weighted by molar-refractivity contribution is -0.135. The maximum absolute atomic E-state index is 12.4. The van der Waals surface area contributed by atoms with Crippen molar-refractivity contribution in [1.29, 1.82) is 0 Å². The highest BCUT2D eigenvalue weighted by Gasteiger charge is 2.23. The van der Waals surface area contributed by atoms with Crippen LogP contribution in [0, 0.1) is 5.92 Å². The van der Waals surface area contributed by atoms with Crippen molar-refractivity contribution in [2.45, 2.75) is 39.2 Å². The highest BCUT2D eigenvalue weighted by Crippen LogP contribution is 2.17. The van der Waals surface area contributed by atoms with Crippen molar-refractivity contribution in [1.82, 2.24) is 10.2 Å². The number of rotatable bonds is 4. The van der Waals surface area contributed by atoms with Gasteiger partial charge in [0.1, 0.15) is 0 Å². The molecular formula is C17H27ClN2O. The number of carbonyl (C=O) groups is 1. The average molecular weight is 311 g/mol. The number of amides is 1. The van der Waals surface area contributed by atoms with E-state index >= 15 is 0 Å². The molecule has 1 N–H and O–H groups in total. The Bertz CT molecular complexity index is 439. The molecule has 0 spiro atoms. The fourth-order valence-electron chi connectivity index (χ4n) is 2.73. The number of carbonyl (C=O) groups excluding carboxylic acids is 1. The highest BCUT2D eigenvalue weighted by atomic mass is 35.5. The standard InChI is InChI=1S/C17H26N2O.ClH/c1-13(2)15-8-6-14(7-9-15)12-19(3)17(20)16-5-4-10-18-11-16;/h6-9,13,16,18H,4-5,10-12H2,1-3H3;1H. The Morgan fingerprint density at radius 3 is 2.52 bits per heavy atom. The lowest BCUT2D eigenvalue weighted by atomic mass is 9.98. The molecular weight excluding hydrogens is 284 g/mol. The first-order valence-electron chi connectivity index (χ1n) is 7.62. The lowest BCUT2D eigenvalue weighted by Gasteiger charge is -2.27. The minimum absolute atomic E-state index is 0. The van der Waals surface area contributed by atoms with Crippen LogP contribution >= 0.6 is 12.4 Å². The summed E-state index contributed by atoms with van der Waals surface area (Å²) in [5.74, 6) is 0.977. The van der Waals surface area contributed by atoms with E-state index in [1.807, 2.05) is 11.9 Å². The van der Waals surface area contributed by atoms with Gasteiger partial charge in [-0.1, -0.05) is 38.1 Å². The SMILES string of the molecule is CC(C)c1ccc(CN(C)C(=O)C2CCCNC2)cc1.Cl. The van der Waals surface area contributed by atoms with Crippen LogP contribution in [0.5, 0.6) is 0 Å². The molecule has 2 rings (SSSR count). The number of nitrogens with one attached hydrogen (secondary N) is 1. The fourth-order valence-corrected chi connectivity index (χ4v) is 2.73. The van der Waals surface area contributed by atoms with Gasteiger partial charge in [0.05, 0.1) is 5.92 Å². The number of hydrogen-bond acceptors (Lipinski definition) is 2. The van der Waals surface area contributed by atoms with E-state index in [1.54, 1.807) is 0 Å². The molecule has 0 bridgehead atoms. The Morgan fingerprint density at radius 2 is 2.00 bits per heavy atom. The van der Waals surface area contributed by atoms with Crippen LogP contribution in [-0.2, 0) is 11.3 Å². The monoisotopic (exact) mass is 310 g/mol. The molecule has 1 saturated heterocycles. The van der Waals surface area contributed by atoms with Crippen molar-refractivity contribution in [2.24, 2.45) is 5.92 Å². The first-order valence-corrected chi connectivity index (χ1v) is 7.62. The topological polar surface area (TPSA) is 32.3 Å². The van der Waals surface area contributed by atoms with Gasteiger partial charge in [-0.25, -0.2) is 0 Å². The normalized spacial score (nSPS) is 18.2. The van der Waals surface area contributed by atoms with Gasteiger partial charge in [0, 0.05) is 20.1 Å². The molecule has 0 radical (unpaired) electrons. The number of halogens is 1. The quantitative estimate of drug-likeness (QED) is 0.926. The third kappa shape index (κ3) is 5.01. The van der Waals surface area contributed by atoms with Gasteiger partial charge < -0.3 is 10.2 Å². The van der Waals surface area contributed by atoms with Crippen LogP contribution < -0.4 is 5.32 Å². The van der Waals surface area contributed by atoms with Crippen molar-refractivity contribution >= 4 is 18.3 Å². The van der Waals surface area contributed by atoms with E-state index in [0.29, 0.717) is 12.5 Å². The summed E-state index contributed by atoms with van der Waals surface area (Å²) in [6.45, 7) is 6.97. The molecule has 1 heterocycles. The second-order valence-electron chi connectivity index (χ2n) is 6.13. The predicted octanol–water partition coefficient (Wildman–Crippen LogP) is 3.19. The molecule has 1 atom stereocenters. The average Bonchev–Trinajstić information content (AvgIpc) is 2.48. The van der Waals surface area contributed by atoms with Gasteiger partial charge in [-0.3, -0.25) is 4.79 Å². The molecule has 1 fully saturated rings. The smallest absolute Gasteiger partial charge is 0.227 e. The van der Waals surface area contributed by atoms with Crippen LogP contribution in [0.15, 0.2) is 24.3 Å². The Labute approximate surface area is 134 Å². The first kappa shape index (κ1) is 18.0. The molecule has 118 valence electrons. The minimum atomic E-state index is 0. The second kappa shape index (κ2) is 8.40. The number of hydrogen-bond donors (Lipinski definition) is 1. The zero-order chi connectivity index (χ0) is 14.5. The van der Waals surface area contributed by atoms with Gasteiger partial charge in [0.15, 0.2) is 0 Å². The molecule has 1 aromatic rings. The second-order valence-corrected chi connectivity index (χ2v) is 6.13. The zero-order valence-corrected chi connectivity index (χ0v) is 14.1. The zero-order valence-electron chi connectivity index (χ0n) is 13.3. The van der Waals surface area contributed by atoms with E-state index < -0.39 is 0 Å². The largest absolute Gasteiger partial charge is 0.341 e. The highest BCUT2D eigenvalue weighted by molar-refractivity contribution is 5.85. The summed E-state index contributed by atoms with van der Waals surface area (Å²) in [4.78, 5) is 14.2. The van der Waals surface area contributed by atoms with E-state index in [0.717, 1.165) is 25.9 Å². The van der Waals surface area contributed by atoms with Crippen molar-refractivity contribution in [2.75, 3.05) is 20.1 Å². The van der Waals surface area contributed by atoms with Crippen molar-refractivity contribution in [3.63, 3.8) is 0 Å². The van der Waals surface area contributed by atoms with Crippen LogP contribution in [0.3, 0.4) is 0 Å². The molecule has 1 amide bonds. The molecule has 1 aliphatic rings. The summed E-state index contributed by atoms with van der Waals surface area (Å²) in [7, 11) is 1.91. The van der Waals surface area contributed by atoms with Crippen LogP contribution in [-0.4, -0.2) is 30.9 Å². The van der Waals surface area contributed by atoms with Gasteiger partial charge >= 0.3 is 0 Å². The predicted molar refractivity (Wildman–Crippen MR) is 89.8 cm³/mol. The van der Waals surface area contributed by atoms with E-state index in [4.69, 9.17) is 0 Å². The van der Waals surface area contributed by atoms with Crippen molar-refractivity contribution < 1.29 is 4.79 Å². The van der Waals surface area contributed by atoms with E-state index in [1.165, 1.54) is 11.1 Å². The maximum Gasteiger partial charge on any atom is 0.227 e. The molecule has 3 nitrogen and oxygen atoms in total. The van der Waals surface area contributed by atoms with Crippen LogP contribution in [0.2, 0.25) is 0 Å². The van der Waals surface area contributed by atoms with E-state index in [2.05, 4.69) is 43.4 Å². The summed E-state index contributed by atoms with van der Waals surface area (Å²) < 4.78 is 0. The fraction of sp³-hybridized carbons (Fsp3) is 0.588. The number of benzene rings is 1. The maximum atomic E-state index is 12.4. The van der Waals surface area contributed by atoms with Gasteiger partial charge in [-0.2, -0.15) is 0 Å². The van der Waals surface area contributed by atoms with Crippen molar-refractivity contribution in [3.05, 3.63) is 35.4 Å². The third-order valence-corrected chi connectivity index (χ3v) is 4.09. The van der Waals surface area contributed by atoms with Crippen LogP contribution in [0.25, 0.3) is 0 Å². The van der Waals surface area contributed by atoms with Gasteiger partial charge in [0.25, 0.3) is 0 Å². The minimum Gasteiger partial charge on any atom is -0.341 e. The van der Waals surface area contributed by atoms with E-state index in [9.17, 15) is 4.79 Å². The first-order chi connectivity index (χ1) is 9.58. The molecule has 0 saturated carbocycles. The molecule has 4 heteroatoms. The molecule has 1 aliphatic heterocycles. The summed E-state index contributed by atoms with van der Waals surface area (Å²) in [6.07, 6.45) is 2.12. The molecule has 0 aliphatic carbocycles. The van der Waals surface area contributed by atoms with Crippen LogP contribution in [0.1, 0.15) is 43.7 Å².